The Balaban J connectivity index is 2.34. The summed E-state index contributed by atoms with van der Waals surface area (Å²) in [7, 11) is 0. The largest absolute Gasteiger partial charge is 0.384 e. The predicted molar refractivity (Wildman–Crippen MR) is 81.2 cm³/mol. The number of hydrogen-bond acceptors (Lipinski definition) is 2. The highest BCUT2D eigenvalue weighted by molar-refractivity contribution is 5.46. The second-order valence-corrected chi connectivity index (χ2v) is 7.67. The zero-order valence-electron chi connectivity index (χ0n) is 13.4. The Morgan fingerprint density at radius 3 is 2.42 bits per heavy atom. The van der Waals surface area contributed by atoms with Gasteiger partial charge in [0.15, 0.2) is 0 Å². The molecule has 2 N–H and O–H groups in total. The van der Waals surface area contributed by atoms with Crippen molar-refractivity contribution >= 4 is 5.82 Å². The number of rotatable bonds is 2. The van der Waals surface area contributed by atoms with Crippen LogP contribution in [0, 0.1) is 11.3 Å². The van der Waals surface area contributed by atoms with E-state index in [0.29, 0.717) is 5.41 Å². The fourth-order valence-corrected chi connectivity index (χ4v) is 3.06. The summed E-state index contributed by atoms with van der Waals surface area (Å²) >= 11 is 0. The summed E-state index contributed by atoms with van der Waals surface area (Å²) in [5.74, 6) is 1.61. The highest BCUT2D eigenvalue weighted by atomic mass is 15.3. The monoisotopic (exact) mass is 263 g/mol. The normalized spacial score (nSPS) is 20.4. The molecule has 0 aromatic carbocycles. The lowest BCUT2D eigenvalue weighted by Crippen LogP contribution is -2.29. The number of aryl methyl sites for hydroxylation is 1. The maximum atomic E-state index is 6.36. The van der Waals surface area contributed by atoms with Crippen molar-refractivity contribution in [3.05, 3.63) is 11.3 Å². The molecule has 108 valence electrons. The second kappa shape index (κ2) is 4.53. The van der Waals surface area contributed by atoms with E-state index < -0.39 is 0 Å². The van der Waals surface area contributed by atoms with Crippen molar-refractivity contribution < 1.29 is 0 Å². The zero-order valence-corrected chi connectivity index (χ0v) is 13.4. The Morgan fingerprint density at radius 1 is 1.26 bits per heavy atom. The van der Waals surface area contributed by atoms with Crippen LogP contribution >= 0.6 is 0 Å². The van der Waals surface area contributed by atoms with Gasteiger partial charge in [0.2, 0.25) is 0 Å². The van der Waals surface area contributed by atoms with Crippen LogP contribution in [-0.2, 0) is 18.4 Å². The molecule has 19 heavy (non-hydrogen) atoms. The van der Waals surface area contributed by atoms with Crippen LogP contribution in [0.5, 0.6) is 0 Å². The Bertz CT molecular complexity index is 463. The van der Waals surface area contributed by atoms with Crippen molar-refractivity contribution in [3.8, 4) is 0 Å². The first-order valence-electron chi connectivity index (χ1n) is 7.53. The molecule has 0 radical (unpaired) electrons. The minimum atomic E-state index is -0.0306. The summed E-state index contributed by atoms with van der Waals surface area (Å²) in [6, 6.07) is 0. The van der Waals surface area contributed by atoms with Crippen molar-refractivity contribution in [1.82, 2.24) is 9.78 Å². The van der Waals surface area contributed by atoms with Gasteiger partial charge in [-0.2, -0.15) is 5.10 Å². The van der Waals surface area contributed by atoms with Crippen molar-refractivity contribution in [2.45, 2.75) is 72.8 Å². The van der Waals surface area contributed by atoms with Gasteiger partial charge in [0.25, 0.3) is 0 Å². The lowest BCUT2D eigenvalue weighted by atomic mass is 9.69. The molecule has 1 aromatic heterocycles. The van der Waals surface area contributed by atoms with Gasteiger partial charge in [0.05, 0.1) is 11.2 Å². The van der Waals surface area contributed by atoms with E-state index in [0.717, 1.165) is 24.6 Å². The first-order valence-corrected chi connectivity index (χ1v) is 7.53. The fourth-order valence-electron chi connectivity index (χ4n) is 3.06. The number of anilines is 1. The van der Waals surface area contributed by atoms with E-state index in [4.69, 9.17) is 10.8 Å². The van der Waals surface area contributed by atoms with Crippen LogP contribution in [0.1, 0.15) is 65.6 Å². The van der Waals surface area contributed by atoms with Crippen molar-refractivity contribution in [1.29, 1.82) is 0 Å². The van der Waals surface area contributed by atoms with Crippen LogP contribution in [0.3, 0.4) is 0 Å². The minimum Gasteiger partial charge on any atom is -0.384 e. The molecule has 3 heteroatoms. The molecule has 1 aliphatic carbocycles. The lowest BCUT2D eigenvalue weighted by Gasteiger charge is -2.36. The van der Waals surface area contributed by atoms with E-state index in [2.05, 4.69) is 41.5 Å². The maximum absolute atomic E-state index is 6.36. The van der Waals surface area contributed by atoms with Gasteiger partial charge < -0.3 is 5.73 Å². The Kier molecular flexibility index (Phi) is 3.44. The molecule has 1 aromatic rings. The molecule has 1 heterocycles. The average Bonchev–Trinajstić information content (AvgIpc) is 2.66. The van der Waals surface area contributed by atoms with Gasteiger partial charge in [0, 0.05) is 5.56 Å². The molecule has 0 bridgehead atoms. The quantitative estimate of drug-likeness (QED) is 0.883. The summed E-state index contributed by atoms with van der Waals surface area (Å²) < 4.78 is 2.01. The molecule has 0 saturated heterocycles. The van der Waals surface area contributed by atoms with Crippen LogP contribution in [0.25, 0.3) is 0 Å². The molecule has 1 aliphatic rings. The Hall–Kier alpha value is -0.990. The van der Waals surface area contributed by atoms with Crippen molar-refractivity contribution in [3.63, 3.8) is 0 Å². The number of nitrogen functional groups attached to an aromatic ring is 1. The molecular weight excluding hydrogens is 234 g/mol. The van der Waals surface area contributed by atoms with Gasteiger partial charge in [0.1, 0.15) is 5.82 Å². The molecule has 0 spiro atoms. The smallest absolute Gasteiger partial charge is 0.125 e. The van der Waals surface area contributed by atoms with E-state index in [1.165, 1.54) is 24.1 Å². The summed E-state index contributed by atoms with van der Waals surface area (Å²) in [6.45, 7) is 13.5. The molecule has 3 nitrogen and oxygen atoms in total. The number of nitrogens with two attached hydrogens (primary N) is 1. The minimum absolute atomic E-state index is 0.0306. The highest BCUT2D eigenvalue weighted by Crippen LogP contribution is 2.41. The van der Waals surface area contributed by atoms with Gasteiger partial charge in [-0.1, -0.05) is 27.2 Å². The lowest BCUT2D eigenvalue weighted by molar-refractivity contribution is 0.182. The summed E-state index contributed by atoms with van der Waals surface area (Å²) in [5.41, 5.74) is 9.27. The summed E-state index contributed by atoms with van der Waals surface area (Å²) in [6.07, 6.45) is 4.64. The van der Waals surface area contributed by atoms with Crippen molar-refractivity contribution in [2.75, 3.05) is 5.73 Å². The zero-order chi connectivity index (χ0) is 14.4. The van der Waals surface area contributed by atoms with Gasteiger partial charge in [-0.25, -0.2) is 4.68 Å². The van der Waals surface area contributed by atoms with Gasteiger partial charge in [-0.15, -0.1) is 0 Å². The Labute approximate surface area is 117 Å². The third kappa shape index (κ3) is 2.52. The SMILES string of the molecule is CCC(C)(C)C1CCc2nn(C(C)(C)C)c(N)c2C1. The van der Waals surface area contributed by atoms with Crippen LogP contribution < -0.4 is 5.73 Å². The van der Waals surface area contributed by atoms with Gasteiger partial charge >= 0.3 is 0 Å². The van der Waals surface area contributed by atoms with Gasteiger partial charge in [-0.3, -0.25) is 0 Å². The number of aromatic nitrogens is 2. The van der Waals surface area contributed by atoms with Crippen molar-refractivity contribution in [2.24, 2.45) is 11.3 Å². The van der Waals surface area contributed by atoms with E-state index in [1.54, 1.807) is 0 Å². The Morgan fingerprint density at radius 2 is 1.89 bits per heavy atom. The molecule has 1 unspecified atom stereocenters. The summed E-state index contributed by atoms with van der Waals surface area (Å²) in [4.78, 5) is 0. The molecule has 0 fully saturated rings. The number of hydrogen-bond donors (Lipinski definition) is 1. The van der Waals surface area contributed by atoms with E-state index >= 15 is 0 Å². The van der Waals surface area contributed by atoms with Crippen LogP contribution in [-0.4, -0.2) is 9.78 Å². The number of fused-ring (bicyclic) bond motifs is 1. The molecular formula is C16H29N3. The topological polar surface area (TPSA) is 43.8 Å². The van der Waals surface area contributed by atoms with Crippen LogP contribution in [0.4, 0.5) is 5.82 Å². The number of nitrogens with zero attached hydrogens (tertiary/aromatic N) is 2. The molecule has 0 saturated carbocycles. The second-order valence-electron chi connectivity index (χ2n) is 7.67. The summed E-state index contributed by atoms with van der Waals surface area (Å²) in [5, 5.41) is 4.76. The van der Waals surface area contributed by atoms with E-state index in [-0.39, 0.29) is 5.54 Å². The third-order valence-electron chi connectivity index (χ3n) is 4.94. The molecule has 0 amide bonds. The third-order valence-corrected chi connectivity index (χ3v) is 4.94. The van der Waals surface area contributed by atoms with E-state index in [9.17, 15) is 0 Å². The molecule has 2 rings (SSSR count). The highest BCUT2D eigenvalue weighted by Gasteiger charge is 2.34. The maximum Gasteiger partial charge on any atom is 0.125 e. The molecule has 1 atom stereocenters. The van der Waals surface area contributed by atoms with Crippen LogP contribution in [0.2, 0.25) is 0 Å². The fraction of sp³-hybridized carbons (Fsp3) is 0.812. The first kappa shape index (κ1) is 14.4. The van der Waals surface area contributed by atoms with Crippen LogP contribution in [0.15, 0.2) is 0 Å². The van der Waals surface area contributed by atoms with Gasteiger partial charge in [-0.05, 0) is 51.4 Å². The van der Waals surface area contributed by atoms with E-state index in [1.807, 2.05) is 4.68 Å². The predicted octanol–water partition coefficient (Wildman–Crippen LogP) is 3.76. The first-order chi connectivity index (χ1) is 8.66. The molecule has 0 aliphatic heterocycles. The standard InChI is InChI=1S/C16H29N3/c1-7-16(5,6)11-8-9-13-12(10-11)14(17)19(18-13)15(2,3)4/h11H,7-10,17H2,1-6H3. The average molecular weight is 263 g/mol.